The second kappa shape index (κ2) is 9.34. The van der Waals surface area contributed by atoms with Crippen LogP contribution in [0, 0.1) is 0 Å². The van der Waals surface area contributed by atoms with Crippen LogP contribution in [0.5, 0.6) is 0 Å². The van der Waals surface area contributed by atoms with E-state index in [1.807, 2.05) is 13.8 Å². The summed E-state index contributed by atoms with van der Waals surface area (Å²) in [6.45, 7) is 5.04. The summed E-state index contributed by atoms with van der Waals surface area (Å²) in [6, 6.07) is 9.24. The number of benzene rings is 1. The molecule has 0 saturated heterocycles. The fourth-order valence-corrected chi connectivity index (χ4v) is 2.58. The SMILES string of the molecule is CCCN(CCC)C(=O)CNc1cc(C(F)(F)F)nc(-c2ccccc2)n1. The molecule has 2 aromatic rings. The van der Waals surface area contributed by atoms with Gasteiger partial charge in [-0.2, -0.15) is 13.2 Å². The van der Waals surface area contributed by atoms with Crippen molar-refractivity contribution >= 4 is 11.7 Å². The number of rotatable bonds is 8. The fraction of sp³-hybridized carbons (Fsp3) is 0.421. The average molecular weight is 380 g/mol. The summed E-state index contributed by atoms with van der Waals surface area (Å²) in [6.07, 6.45) is -2.98. The first kappa shape index (κ1) is 20.7. The molecule has 8 heteroatoms. The Morgan fingerprint density at radius 2 is 1.70 bits per heavy atom. The van der Waals surface area contributed by atoms with E-state index in [1.165, 1.54) is 0 Å². The molecule has 0 aliphatic heterocycles. The van der Waals surface area contributed by atoms with Gasteiger partial charge in [-0.15, -0.1) is 0 Å². The molecule has 146 valence electrons. The molecule has 1 heterocycles. The van der Waals surface area contributed by atoms with E-state index in [9.17, 15) is 18.0 Å². The Kier molecular flexibility index (Phi) is 7.15. The number of amides is 1. The molecular formula is C19H23F3N4O. The quantitative estimate of drug-likeness (QED) is 0.745. The Labute approximate surface area is 156 Å². The van der Waals surface area contributed by atoms with Crippen LogP contribution >= 0.6 is 0 Å². The third-order valence-corrected chi connectivity index (χ3v) is 3.81. The Morgan fingerprint density at radius 1 is 1.07 bits per heavy atom. The van der Waals surface area contributed by atoms with Crippen LogP contribution in [-0.4, -0.2) is 40.4 Å². The molecule has 0 saturated carbocycles. The van der Waals surface area contributed by atoms with E-state index < -0.39 is 11.9 Å². The number of alkyl halides is 3. The summed E-state index contributed by atoms with van der Waals surface area (Å²) in [4.78, 5) is 21.8. The molecule has 0 radical (unpaired) electrons. The minimum atomic E-state index is -4.61. The highest BCUT2D eigenvalue weighted by molar-refractivity contribution is 5.80. The molecule has 27 heavy (non-hydrogen) atoms. The van der Waals surface area contributed by atoms with E-state index in [4.69, 9.17) is 0 Å². The highest BCUT2D eigenvalue weighted by Gasteiger charge is 2.34. The zero-order valence-corrected chi connectivity index (χ0v) is 15.4. The maximum atomic E-state index is 13.2. The number of nitrogens with zero attached hydrogens (tertiary/aromatic N) is 3. The van der Waals surface area contributed by atoms with Crippen molar-refractivity contribution in [2.24, 2.45) is 0 Å². The van der Waals surface area contributed by atoms with Gasteiger partial charge in [0.1, 0.15) is 5.82 Å². The third kappa shape index (κ3) is 5.94. The first-order chi connectivity index (χ1) is 12.8. The molecule has 0 atom stereocenters. The molecule has 1 amide bonds. The molecular weight excluding hydrogens is 357 g/mol. The van der Waals surface area contributed by atoms with E-state index in [0.717, 1.165) is 18.9 Å². The van der Waals surface area contributed by atoms with Crippen molar-refractivity contribution in [1.29, 1.82) is 0 Å². The standard InChI is InChI=1S/C19H23F3N4O/c1-3-10-26(11-4-2)17(27)13-23-16-12-15(19(20,21)22)24-18(25-16)14-8-6-5-7-9-14/h5-9,12H,3-4,10-11,13H2,1-2H3,(H,23,24,25). The van der Waals surface area contributed by atoms with Gasteiger partial charge in [0.15, 0.2) is 11.5 Å². The van der Waals surface area contributed by atoms with Crippen molar-refractivity contribution < 1.29 is 18.0 Å². The average Bonchev–Trinajstić information content (AvgIpc) is 2.65. The summed E-state index contributed by atoms with van der Waals surface area (Å²) in [7, 11) is 0. The van der Waals surface area contributed by atoms with Crippen LogP contribution < -0.4 is 5.32 Å². The first-order valence-electron chi connectivity index (χ1n) is 8.88. The molecule has 2 rings (SSSR count). The summed E-state index contributed by atoms with van der Waals surface area (Å²) >= 11 is 0. The van der Waals surface area contributed by atoms with Gasteiger partial charge in [0, 0.05) is 24.7 Å². The summed E-state index contributed by atoms with van der Waals surface area (Å²) in [5, 5.41) is 2.72. The normalized spacial score (nSPS) is 11.3. The van der Waals surface area contributed by atoms with Gasteiger partial charge in [-0.1, -0.05) is 44.2 Å². The Balaban J connectivity index is 2.24. The summed E-state index contributed by atoms with van der Waals surface area (Å²) in [5.74, 6) is -0.246. The van der Waals surface area contributed by atoms with E-state index in [0.29, 0.717) is 18.7 Å². The highest BCUT2D eigenvalue weighted by Crippen LogP contribution is 2.30. The van der Waals surface area contributed by atoms with Crippen molar-refractivity contribution in [1.82, 2.24) is 14.9 Å². The van der Waals surface area contributed by atoms with Gasteiger partial charge in [-0.3, -0.25) is 4.79 Å². The number of aromatic nitrogens is 2. The molecule has 0 aliphatic rings. The number of hydrogen-bond acceptors (Lipinski definition) is 4. The molecule has 0 fully saturated rings. The largest absolute Gasteiger partial charge is 0.433 e. The lowest BCUT2D eigenvalue weighted by molar-refractivity contribution is -0.141. The number of nitrogens with one attached hydrogen (secondary N) is 1. The lowest BCUT2D eigenvalue weighted by atomic mass is 10.2. The van der Waals surface area contributed by atoms with Gasteiger partial charge in [0.25, 0.3) is 0 Å². The molecule has 0 unspecified atom stereocenters. The van der Waals surface area contributed by atoms with Crippen molar-refractivity contribution in [3.05, 3.63) is 42.1 Å². The molecule has 1 aromatic carbocycles. The Hall–Kier alpha value is -2.64. The van der Waals surface area contributed by atoms with E-state index in [1.54, 1.807) is 35.2 Å². The van der Waals surface area contributed by atoms with Crippen LogP contribution in [-0.2, 0) is 11.0 Å². The van der Waals surface area contributed by atoms with Crippen molar-refractivity contribution in [3.63, 3.8) is 0 Å². The number of anilines is 1. The molecule has 5 nitrogen and oxygen atoms in total. The lowest BCUT2D eigenvalue weighted by Gasteiger charge is -2.22. The monoisotopic (exact) mass is 380 g/mol. The van der Waals surface area contributed by atoms with Crippen LogP contribution in [0.25, 0.3) is 11.4 Å². The first-order valence-corrected chi connectivity index (χ1v) is 8.88. The predicted octanol–water partition coefficient (Wildman–Crippen LogP) is 4.22. The smallest absolute Gasteiger partial charge is 0.361 e. The van der Waals surface area contributed by atoms with E-state index in [-0.39, 0.29) is 24.1 Å². The van der Waals surface area contributed by atoms with Crippen molar-refractivity contribution in [2.45, 2.75) is 32.9 Å². The van der Waals surface area contributed by atoms with Crippen LogP contribution in [0.15, 0.2) is 36.4 Å². The summed E-state index contributed by atoms with van der Waals surface area (Å²) < 4.78 is 39.6. The fourth-order valence-electron chi connectivity index (χ4n) is 2.58. The van der Waals surface area contributed by atoms with Crippen molar-refractivity contribution in [3.8, 4) is 11.4 Å². The molecule has 1 aromatic heterocycles. The molecule has 0 aliphatic carbocycles. The number of hydrogen-bond donors (Lipinski definition) is 1. The maximum Gasteiger partial charge on any atom is 0.433 e. The molecule has 0 spiro atoms. The van der Waals surface area contributed by atoms with Gasteiger partial charge in [-0.25, -0.2) is 9.97 Å². The molecule has 0 bridgehead atoms. The van der Waals surface area contributed by atoms with Crippen LogP contribution in [0.1, 0.15) is 32.4 Å². The molecule has 1 N–H and O–H groups in total. The van der Waals surface area contributed by atoms with Gasteiger partial charge in [0.2, 0.25) is 5.91 Å². The van der Waals surface area contributed by atoms with E-state index >= 15 is 0 Å². The number of halogens is 3. The van der Waals surface area contributed by atoms with Gasteiger partial charge in [0.05, 0.1) is 6.54 Å². The van der Waals surface area contributed by atoms with Crippen LogP contribution in [0.4, 0.5) is 19.0 Å². The predicted molar refractivity (Wildman–Crippen MR) is 98.1 cm³/mol. The van der Waals surface area contributed by atoms with Crippen molar-refractivity contribution in [2.75, 3.05) is 25.0 Å². The van der Waals surface area contributed by atoms with Gasteiger partial charge in [-0.05, 0) is 12.8 Å². The zero-order valence-electron chi connectivity index (χ0n) is 15.4. The second-order valence-electron chi connectivity index (χ2n) is 6.06. The number of carbonyl (C=O) groups is 1. The minimum absolute atomic E-state index is 0.0301. The number of carbonyl (C=O) groups excluding carboxylic acids is 1. The lowest BCUT2D eigenvalue weighted by Crippen LogP contribution is -2.36. The van der Waals surface area contributed by atoms with Crippen LogP contribution in [0.3, 0.4) is 0 Å². The second-order valence-corrected chi connectivity index (χ2v) is 6.06. The zero-order chi connectivity index (χ0) is 19.9. The van der Waals surface area contributed by atoms with E-state index in [2.05, 4.69) is 15.3 Å². The Bertz CT molecular complexity index is 744. The van der Waals surface area contributed by atoms with Gasteiger partial charge >= 0.3 is 6.18 Å². The highest BCUT2D eigenvalue weighted by atomic mass is 19.4. The minimum Gasteiger partial charge on any atom is -0.361 e. The summed E-state index contributed by atoms with van der Waals surface area (Å²) in [5.41, 5.74) is -0.582. The topological polar surface area (TPSA) is 58.1 Å². The third-order valence-electron chi connectivity index (χ3n) is 3.81. The van der Waals surface area contributed by atoms with Crippen LogP contribution in [0.2, 0.25) is 0 Å². The van der Waals surface area contributed by atoms with Gasteiger partial charge < -0.3 is 10.2 Å². The maximum absolute atomic E-state index is 13.2. The Morgan fingerprint density at radius 3 is 2.26 bits per heavy atom.